The van der Waals surface area contributed by atoms with Gasteiger partial charge >= 0.3 is 0 Å². The summed E-state index contributed by atoms with van der Waals surface area (Å²) < 4.78 is 0. The van der Waals surface area contributed by atoms with Crippen molar-refractivity contribution in [3.63, 3.8) is 0 Å². The summed E-state index contributed by atoms with van der Waals surface area (Å²) in [6.45, 7) is 6.87. The minimum Gasteiger partial charge on any atom is -0.370 e. The van der Waals surface area contributed by atoms with E-state index in [2.05, 4.69) is 29.1 Å². The summed E-state index contributed by atoms with van der Waals surface area (Å²) in [6, 6.07) is 3.80. The number of nitrogens with one attached hydrogen (secondary N) is 1. The molecule has 0 saturated heterocycles. The third-order valence-corrected chi connectivity index (χ3v) is 1.90. The van der Waals surface area contributed by atoms with Gasteiger partial charge < -0.3 is 11.1 Å². The van der Waals surface area contributed by atoms with E-state index in [4.69, 9.17) is 5.73 Å². The van der Waals surface area contributed by atoms with Crippen LogP contribution < -0.4 is 11.1 Å². The van der Waals surface area contributed by atoms with Crippen LogP contribution in [0, 0.1) is 12.8 Å². The second-order valence-corrected chi connectivity index (χ2v) is 3.88. The lowest BCUT2D eigenvalue weighted by Crippen LogP contribution is -2.24. The quantitative estimate of drug-likeness (QED) is 0.585. The number of aryl methyl sites for hydroxylation is 1. The molecule has 1 aromatic heterocycles. The molecule has 0 radical (unpaired) electrons. The number of aliphatic imine (C=N–C) groups is 1. The lowest BCUT2D eigenvalue weighted by atomic mass is 10.2. The predicted octanol–water partition coefficient (Wildman–Crippen LogP) is 1.77. The molecule has 4 heteroatoms. The molecule has 0 saturated carbocycles. The Morgan fingerprint density at radius 2 is 2.33 bits per heavy atom. The van der Waals surface area contributed by atoms with Crippen LogP contribution in [0.15, 0.2) is 23.3 Å². The number of hydrogen-bond acceptors (Lipinski definition) is 2. The van der Waals surface area contributed by atoms with Crippen LogP contribution in [0.1, 0.15) is 19.5 Å². The molecule has 0 spiro atoms. The summed E-state index contributed by atoms with van der Waals surface area (Å²) in [7, 11) is 0. The van der Waals surface area contributed by atoms with Gasteiger partial charge in [-0.3, -0.25) is 9.98 Å². The number of nitrogens with zero attached hydrogens (tertiary/aromatic N) is 2. The van der Waals surface area contributed by atoms with E-state index < -0.39 is 0 Å². The Labute approximate surface area is 90.6 Å². The first-order valence-corrected chi connectivity index (χ1v) is 5.08. The van der Waals surface area contributed by atoms with Crippen molar-refractivity contribution >= 4 is 11.6 Å². The lowest BCUT2D eigenvalue weighted by Gasteiger charge is -2.08. The Hall–Kier alpha value is -1.58. The zero-order valence-electron chi connectivity index (χ0n) is 9.49. The third-order valence-electron chi connectivity index (χ3n) is 1.90. The van der Waals surface area contributed by atoms with Gasteiger partial charge in [0.15, 0.2) is 5.96 Å². The van der Waals surface area contributed by atoms with Crippen molar-refractivity contribution < 1.29 is 0 Å². The standard InChI is InChI=1S/C11H18N4/c1-8(2)7-14-11(12)15-10-5-4-6-13-9(10)3/h4-6,8H,7H2,1-3H3,(H3,12,14,15). The van der Waals surface area contributed by atoms with E-state index in [1.807, 2.05) is 19.1 Å². The van der Waals surface area contributed by atoms with E-state index in [1.165, 1.54) is 0 Å². The van der Waals surface area contributed by atoms with E-state index in [-0.39, 0.29) is 0 Å². The number of anilines is 1. The largest absolute Gasteiger partial charge is 0.370 e. The molecule has 0 bridgehead atoms. The normalized spacial score (nSPS) is 11.9. The van der Waals surface area contributed by atoms with E-state index >= 15 is 0 Å². The molecule has 0 unspecified atom stereocenters. The molecular weight excluding hydrogens is 188 g/mol. The van der Waals surface area contributed by atoms with E-state index in [0.29, 0.717) is 11.9 Å². The molecule has 0 aromatic carbocycles. The number of hydrogen-bond donors (Lipinski definition) is 2. The second kappa shape index (κ2) is 5.34. The minimum absolute atomic E-state index is 0.444. The Balaban J connectivity index is 2.62. The van der Waals surface area contributed by atoms with Crippen molar-refractivity contribution in [2.45, 2.75) is 20.8 Å². The zero-order chi connectivity index (χ0) is 11.3. The number of pyridine rings is 1. The summed E-state index contributed by atoms with van der Waals surface area (Å²) in [5, 5.41) is 3.03. The first-order chi connectivity index (χ1) is 7.09. The maximum absolute atomic E-state index is 5.73. The van der Waals surface area contributed by atoms with Crippen LogP contribution in [-0.4, -0.2) is 17.5 Å². The van der Waals surface area contributed by atoms with Crippen LogP contribution in [0.25, 0.3) is 0 Å². The number of guanidine groups is 1. The second-order valence-electron chi connectivity index (χ2n) is 3.88. The first-order valence-electron chi connectivity index (χ1n) is 5.08. The summed E-state index contributed by atoms with van der Waals surface area (Å²) in [5.74, 6) is 0.958. The molecule has 1 heterocycles. The fourth-order valence-electron chi connectivity index (χ4n) is 1.07. The van der Waals surface area contributed by atoms with Gasteiger partial charge in [-0.1, -0.05) is 13.8 Å². The Kier molecular flexibility index (Phi) is 4.09. The minimum atomic E-state index is 0.444. The van der Waals surface area contributed by atoms with Crippen LogP contribution in [0.5, 0.6) is 0 Å². The average molecular weight is 206 g/mol. The monoisotopic (exact) mass is 206 g/mol. The van der Waals surface area contributed by atoms with E-state index in [1.54, 1.807) is 6.20 Å². The smallest absolute Gasteiger partial charge is 0.193 e. The van der Waals surface area contributed by atoms with Gasteiger partial charge in [0.05, 0.1) is 11.4 Å². The number of rotatable bonds is 3. The molecule has 15 heavy (non-hydrogen) atoms. The zero-order valence-corrected chi connectivity index (χ0v) is 9.49. The summed E-state index contributed by atoms with van der Waals surface area (Å²) in [6.07, 6.45) is 1.75. The molecule has 0 atom stereocenters. The van der Waals surface area contributed by atoms with Crippen LogP contribution in [0.3, 0.4) is 0 Å². The first kappa shape index (κ1) is 11.5. The Morgan fingerprint density at radius 3 is 2.93 bits per heavy atom. The van der Waals surface area contributed by atoms with Gasteiger partial charge in [0.2, 0.25) is 0 Å². The molecule has 4 nitrogen and oxygen atoms in total. The highest BCUT2D eigenvalue weighted by Gasteiger charge is 1.99. The topological polar surface area (TPSA) is 63.3 Å². The van der Waals surface area contributed by atoms with Gasteiger partial charge in [-0.05, 0) is 25.0 Å². The van der Waals surface area contributed by atoms with Crippen molar-refractivity contribution in [3.8, 4) is 0 Å². The number of aromatic nitrogens is 1. The van der Waals surface area contributed by atoms with Crippen LogP contribution in [-0.2, 0) is 0 Å². The van der Waals surface area contributed by atoms with Gasteiger partial charge in [0.25, 0.3) is 0 Å². The molecule has 0 fully saturated rings. The summed E-state index contributed by atoms with van der Waals surface area (Å²) in [5.41, 5.74) is 7.56. The highest BCUT2D eigenvalue weighted by Crippen LogP contribution is 2.09. The van der Waals surface area contributed by atoms with Crippen molar-refractivity contribution in [3.05, 3.63) is 24.0 Å². The van der Waals surface area contributed by atoms with Gasteiger partial charge in [-0.25, -0.2) is 0 Å². The number of nitrogens with two attached hydrogens (primary N) is 1. The maximum atomic E-state index is 5.73. The molecule has 3 N–H and O–H groups in total. The van der Waals surface area contributed by atoms with Crippen molar-refractivity contribution in [2.24, 2.45) is 16.6 Å². The van der Waals surface area contributed by atoms with Crippen molar-refractivity contribution in [1.82, 2.24) is 4.98 Å². The third kappa shape index (κ3) is 3.97. The molecule has 1 rings (SSSR count). The van der Waals surface area contributed by atoms with Gasteiger partial charge in [-0.2, -0.15) is 0 Å². The fraction of sp³-hybridized carbons (Fsp3) is 0.455. The highest BCUT2D eigenvalue weighted by molar-refractivity contribution is 5.92. The van der Waals surface area contributed by atoms with Crippen molar-refractivity contribution in [2.75, 3.05) is 11.9 Å². The van der Waals surface area contributed by atoms with E-state index in [9.17, 15) is 0 Å². The Bertz CT molecular complexity index is 344. The van der Waals surface area contributed by atoms with E-state index in [0.717, 1.165) is 17.9 Å². The lowest BCUT2D eigenvalue weighted by molar-refractivity contribution is 0.665. The van der Waals surface area contributed by atoms with Crippen LogP contribution >= 0.6 is 0 Å². The SMILES string of the molecule is Cc1ncccc1NC(N)=NCC(C)C. The molecule has 0 amide bonds. The molecule has 0 aliphatic carbocycles. The fourth-order valence-corrected chi connectivity index (χ4v) is 1.07. The molecular formula is C11H18N4. The molecule has 0 aliphatic heterocycles. The summed E-state index contributed by atoms with van der Waals surface area (Å²) >= 11 is 0. The van der Waals surface area contributed by atoms with Gasteiger partial charge in [0.1, 0.15) is 0 Å². The van der Waals surface area contributed by atoms with Gasteiger partial charge in [0, 0.05) is 12.7 Å². The van der Waals surface area contributed by atoms with Crippen LogP contribution in [0.2, 0.25) is 0 Å². The average Bonchev–Trinajstić information content (AvgIpc) is 2.18. The van der Waals surface area contributed by atoms with Crippen molar-refractivity contribution in [1.29, 1.82) is 0 Å². The maximum Gasteiger partial charge on any atom is 0.193 e. The molecule has 0 aliphatic rings. The Morgan fingerprint density at radius 1 is 1.60 bits per heavy atom. The van der Waals surface area contributed by atoms with Gasteiger partial charge in [-0.15, -0.1) is 0 Å². The molecule has 82 valence electrons. The predicted molar refractivity (Wildman–Crippen MR) is 63.9 cm³/mol. The highest BCUT2D eigenvalue weighted by atomic mass is 15.1. The van der Waals surface area contributed by atoms with Crippen LogP contribution in [0.4, 0.5) is 5.69 Å². The molecule has 1 aromatic rings. The summed E-state index contributed by atoms with van der Waals surface area (Å²) in [4.78, 5) is 8.37.